The van der Waals surface area contributed by atoms with Crippen LogP contribution in [0.5, 0.6) is 0 Å². The van der Waals surface area contributed by atoms with Gasteiger partial charge in [0.1, 0.15) is 5.69 Å². The van der Waals surface area contributed by atoms with Crippen molar-refractivity contribution in [2.24, 2.45) is 5.18 Å². The number of benzene rings is 1. The minimum Gasteiger partial charge on any atom is -0.145 e. The van der Waals surface area contributed by atoms with Gasteiger partial charge in [0, 0.05) is 5.02 Å². The highest BCUT2D eigenvalue weighted by atomic mass is 35.5. The molecule has 0 saturated heterocycles. The van der Waals surface area contributed by atoms with Gasteiger partial charge in [-0.05, 0) is 34.9 Å². The predicted molar refractivity (Wildman–Crippen MR) is 51.0 cm³/mol. The summed E-state index contributed by atoms with van der Waals surface area (Å²) in [5.74, 6) is 0.319. The smallest absolute Gasteiger partial charge is 0.108 e. The summed E-state index contributed by atoms with van der Waals surface area (Å²) in [6.45, 7) is 4.05. The topological polar surface area (TPSA) is 29.4 Å². The Bertz CT molecular complexity index is 297. The van der Waals surface area contributed by atoms with Crippen LogP contribution < -0.4 is 0 Å². The largest absolute Gasteiger partial charge is 0.145 e. The van der Waals surface area contributed by atoms with E-state index in [9.17, 15) is 4.91 Å². The molecule has 1 rings (SSSR count). The van der Waals surface area contributed by atoms with E-state index in [1.54, 1.807) is 18.2 Å². The van der Waals surface area contributed by atoms with Gasteiger partial charge in [-0.2, -0.15) is 0 Å². The molecule has 0 aliphatic carbocycles. The van der Waals surface area contributed by atoms with Gasteiger partial charge >= 0.3 is 0 Å². The fraction of sp³-hybridized carbons (Fsp3) is 0.333. The Labute approximate surface area is 76.5 Å². The van der Waals surface area contributed by atoms with Crippen LogP contribution in [-0.4, -0.2) is 0 Å². The van der Waals surface area contributed by atoms with Crippen molar-refractivity contribution < 1.29 is 0 Å². The van der Waals surface area contributed by atoms with Crippen LogP contribution in [0.15, 0.2) is 23.4 Å². The van der Waals surface area contributed by atoms with E-state index < -0.39 is 0 Å². The lowest BCUT2D eigenvalue weighted by Gasteiger charge is -2.07. The summed E-state index contributed by atoms with van der Waals surface area (Å²) in [6.07, 6.45) is 0. The average Bonchev–Trinajstić information content (AvgIpc) is 2.05. The maximum atomic E-state index is 10.2. The fourth-order valence-electron chi connectivity index (χ4n) is 1.03. The Morgan fingerprint density at radius 2 is 2.08 bits per heavy atom. The van der Waals surface area contributed by atoms with Gasteiger partial charge in [0.2, 0.25) is 0 Å². The van der Waals surface area contributed by atoms with Crippen LogP contribution in [0.25, 0.3) is 0 Å². The number of rotatable bonds is 2. The molecule has 0 atom stereocenters. The van der Waals surface area contributed by atoms with Crippen LogP contribution in [0.3, 0.4) is 0 Å². The van der Waals surface area contributed by atoms with Gasteiger partial charge in [-0.25, -0.2) is 0 Å². The Morgan fingerprint density at radius 1 is 1.42 bits per heavy atom. The monoisotopic (exact) mass is 183 g/mol. The normalized spacial score (nSPS) is 10.3. The molecule has 0 bridgehead atoms. The standard InChI is InChI=1S/C9H10ClNO/c1-6(2)8-5-7(11-12)3-4-9(8)10/h3-6H,1-2H3. The van der Waals surface area contributed by atoms with Gasteiger partial charge < -0.3 is 0 Å². The predicted octanol–water partition coefficient (Wildman–Crippen LogP) is 3.86. The van der Waals surface area contributed by atoms with Crippen LogP contribution >= 0.6 is 11.6 Å². The van der Waals surface area contributed by atoms with Crippen molar-refractivity contribution in [1.82, 2.24) is 0 Å². The van der Waals surface area contributed by atoms with Crippen molar-refractivity contribution >= 4 is 17.3 Å². The molecular formula is C9H10ClNO. The molecule has 0 aromatic heterocycles. The Morgan fingerprint density at radius 3 is 2.58 bits per heavy atom. The van der Waals surface area contributed by atoms with Crippen molar-refractivity contribution in [3.63, 3.8) is 0 Å². The zero-order valence-corrected chi connectivity index (χ0v) is 7.80. The minimum atomic E-state index is 0.319. The summed E-state index contributed by atoms with van der Waals surface area (Å²) in [7, 11) is 0. The van der Waals surface area contributed by atoms with Crippen LogP contribution in [0.1, 0.15) is 25.3 Å². The van der Waals surface area contributed by atoms with E-state index in [1.165, 1.54) is 0 Å². The molecule has 0 unspecified atom stereocenters. The zero-order chi connectivity index (χ0) is 9.14. The molecule has 0 amide bonds. The Kier molecular flexibility index (Phi) is 2.82. The van der Waals surface area contributed by atoms with Gasteiger partial charge in [-0.15, -0.1) is 4.91 Å². The van der Waals surface area contributed by atoms with Crippen molar-refractivity contribution in [2.75, 3.05) is 0 Å². The second-order valence-corrected chi connectivity index (χ2v) is 3.36. The zero-order valence-electron chi connectivity index (χ0n) is 7.04. The molecule has 0 heterocycles. The first-order valence-corrected chi connectivity index (χ1v) is 4.15. The minimum absolute atomic E-state index is 0.319. The molecule has 0 N–H and O–H groups in total. The molecule has 3 heteroatoms. The second-order valence-electron chi connectivity index (χ2n) is 2.95. The van der Waals surface area contributed by atoms with Crippen LogP contribution in [0, 0.1) is 4.91 Å². The van der Waals surface area contributed by atoms with Gasteiger partial charge in [-0.1, -0.05) is 25.4 Å². The molecule has 0 aliphatic rings. The summed E-state index contributed by atoms with van der Waals surface area (Å²) in [5, 5.41) is 3.54. The lowest BCUT2D eigenvalue weighted by atomic mass is 10.0. The molecule has 64 valence electrons. The highest BCUT2D eigenvalue weighted by molar-refractivity contribution is 6.31. The molecule has 2 nitrogen and oxygen atoms in total. The molecule has 0 spiro atoms. The molecule has 0 aliphatic heterocycles. The fourth-order valence-corrected chi connectivity index (χ4v) is 1.37. The Hall–Kier alpha value is -0.890. The molecule has 0 saturated carbocycles. The first kappa shape index (κ1) is 9.20. The lowest BCUT2D eigenvalue weighted by molar-refractivity contribution is 0.867. The van der Waals surface area contributed by atoms with Crippen LogP contribution in [-0.2, 0) is 0 Å². The SMILES string of the molecule is CC(C)c1cc(N=O)ccc1Cl. The van der Waals surface area contributed by atoms with E-state index in [0.717, 1.165) is 5.56 Å². The third-order valence-electron chi connectivity index (χ3n) is 1.71. The highest BCUT2D eigenvalue weighted by Crippen LogP contribution is 2.27. The van der Waals surface area contributed by atoms with Crippen molar-refractivity contribution in [1.29, 1.82) is 0 Å². The third-order valence-corrected chi connectivity index (χ3v) is 2.05. The van der Waals surface area contributed by atoms with E-state index >= 15 is 0 Å². The number of nitrogens with zero attached hydrogens (tertiary/aromatic N) is 1. The molecule has 0 fully saturated rings. The molecule has 12 heavy (non-hydrogen) atoms. The summed E-state index contributed by atoms with van der Waals surface area (Å²) >= 11 is 5.90. The second kappa shape index (κ2) is 3.68. The van der Waals surface area contributed by atoms with E-state index in [0.29, 0.717) is 16.6 Å². The summed E-state index contributed by atoms with van der Waals surface area (Å²) in [4.78, 5) is 10.2. The third kappa shape index (κ3) is 1.83. The first-order valence-electron chi connectivity index (χ1n) is 3.78. The molecular weight excluding hydrogens is 174 g/mol. The van der Waals surface area contributed by atoms with Gasteiger partial charge in [-0.3, -0.25) is 0 Å². The van der Waals surface area contributed by atoms with Crippen LogP contribution in [0.2, 0.25) is 5.02 Å². The number of halogens is 1. The van der Waals surface area contributed by atoms with Crippen molar-refractivity contribution in [3.8, 4) is 0 Å². The van der Waals surface area contributed by atoms with E-state index in [1.807, 2.05) is 13.8 Å². The first-order chi connectivity index (χ1) is 5.65. The highest BCUT2D eigenvalue weighted by Gasteiger charge is 2.05. The quantitative estimate of drug-likeness (QED) is 0.641. The lowest BCUT2D eigenvalue weighted by Crippen LogP contribution is -1.87. The average molecular weight is 184 g/mol. The van der Waals surface area contributed by atoms with E-state index in [4.69, 9.17) is 11.6 Å². The summed E-state index contributed by atoms with van der Waals surface area (Å²) < 4.78 is 0. The molecule has 1 aromatic carbocycles. The van der Waals surface area contributed by atoms with Crippen molar-refractivity contribution in [3.05, 3.63) is 33.7 Å². The maximum absolute atomic E-state index is 10.2. The summed E-state index contributed by atoms with van der Waals surface area (Å²) in [5.41, 5.74) is 1.40. The van der Waals surface area contributed by atoms with Gasteiger partial charge in [0.15, 0.2) is 0 Å². The van der Waals surface area contributed by atoms with Crippen molar-refractivity contribution in [2.45, 2.75) is 19.8 Å². The van der Waals surface area contributed by atoms with E-state index in [-0.39, 0.29) is 0 Å². The van der Waals surface area contributed by atoms with Gasteiger partial charge in [0.05, 0.1) is 0 Å². The number of nitroso groups, excluding NO2 is 1. The van der Waals surface area contributed by atoms with Gasteiger partial charge in [0.25, 0.3) is 0 Å². The number of hydrogen-bond acceptors (Lipinski definition) is 2. The molecule has 0 radical (unpaired) electrons. The maximum Gasteiger partial charge on any atom is 0.108 e. The molecule has 1 aromatic rings. The van der Waals surface area contributed by atoms with E-state index in [2.05, 4.69) is 5.18 Å². The Balaban J connectivity index is 3.16. The number of hydrogen-bond donors (Lipinski definition) is 0. The summed E-state index contributed by atoms with van der Waals surface area (Å²) in [6, 6.07) is 5.04. The van der Waals surface area contributed by atoms with Crippen LogP contribution in [0.4, 0.5) is 5.69 Å².